The van der Waals surface area contributed by atoms with Crippen molar-refractivity contribution in [2.24, 2.45) is 0 Å². The van der Waals surface area contributed by atoms with Crippen molar-refractivity contribution in [2.75, 3.05) is 4.90 Å². The Labute approximate surface area is 331 Å². The molecular weight excluding hydrogens is 713 g/mol. The SMILES string of the molecule is C1=c2ccc(-n3c4ccccc4c4cc5ccccc5cc43)cc2=CC2c3ccccc3N(c3nc4ccccc4nc3-c3ccc4c(c3)sc3ccccc34)C12. The van der Waals surface area contributed by atoms with Gasteiger partial charge in [-0.25, -0.2) is 9.97 Å². The smallest absolute Gasteiger partial charge is 0.160 e. The average molecular weight is 745 g/mol. The van der Waals surface area contributed by atoms with Gasteiger partial charge in [0.25, 0.3) is 0 Å². The lowest BCUT2D eigenvalue weighted by molar-refractivity contribution is 0.794. The number of aromatic nitrogens is 3. The molecule has 2 unspecified atom stereocenters. The van der Waals surface area contributed by atoms with Crippen LogP contribution in [-0.2, 0) is 0 Å². The molecule has 13 rings (SSSR count). The number of nitrogens with zero attached hydrogens (tertiary/aromatic N) is 4. The number of rotatable bonds is 3. The lowest BCUT2D eigenvalue weighted by Crippen LogP contribution is -2.39. The summed E-state index contributed by atoms with van der Waals surface area (Å²) >= 11 is 1.84. The predicted molar refractivity (Wildman–Crippen MR) is 239 cm³/mol. The molecule has 3 aromatic heterocycles. The Morgan fingerprint density at radius 3 is 2.14 bits per heavy atom. The van der Waals surface area contributed by atoms with E-state index in [4.69, 9.17) is 9.97 Å². The van der Waals surface area contributed by atoms with Gasteiger partial charge in [-0.2, -0.15) is 0 Å². The second kappa shape index (κ2) is 11.7. The summed E-state index contributed by atoms with van der Waals surface area (Å²) in [5.41, 5.74) is 9.85. The van der Waals surface area contributed by atoms with Gasteiger partial charge >= 0.3 is 0 Å². The van der Waals surface area contributed by atoms with Crippen LogP contribution in [0.25, 0.3) is 92.9 Å². The van der Waals surface area contributed by atoms with Crippen molar-refractivity contribution in [1.82, 2.24) is 14.5 Å². The maximum absolute atomic E-state index is 5.46. The number of thiophene rings is 1. The van der Waals surface area contributed by atoms with Crippen molar-refractivity contribution in [3.8, 4) is 16.9 Å². The highest BCUT2D eigenvalue weighted by Crippen LogP contribution is 2.49. The molecule has 0 saturated heterocycles. The Balaban J connectivity index is 1.00. The van der Waals surface area contributed by atoms with Crippen LogP contribution in [0.15, 0.2) is 170 Å². The van der Waals surface area contributed by atoms with Crippen LogP contribution >= 0.6 is 11.3 Å². The van der Waals surface area contributed by atoms with E-state index in [9.17, 15) is 0 Å². The van der Waals surface area contributed by atoms with Crippen LogP contribution in [-0.4, -0.2) is 20.6 Å². The van der Waals surface area contributed by atoms with Crippen molar-refractivity contribution in [3.63, 3.8) is 0 Å². The maximum atomic E-state index is 5.46. The van der Waals surface area contributed by atoms with E-state index in [0.29, 0.717) is 0 Å². The van der Waals surface area contributed by atoms with Crippen molar-refractivity contribution in [2.45, 2.75) is 12.0 Å². The Hall–Kier alpha value is -7.08. The minimum Gasteiger partial charge on any atom is -0.316 e. The molecular formula is C52H32N4S. The zero-order valence-electron chi connectivity index (χ0n) is 30.7. The summed E-state index contributed by atoms with van der Waals surface area (Å²) in [6.45, 7) is 0. The lowest BCUT2D eigenvalue weighted by atomic mass is 9.89. The molecule has 2 atom stereocenters. The molecule has 4 nitrogen and oxygen atoms in total. The summed E-state index contributed by atoms with van der Waals surface area (Å²) in [5, 5.41) is 10.1. The molecule has 8 aromatic carbocycles. The highest BCUT2D eigenvalue weighted by Gasteiger charge is 2.40. The van der Waals surface area contributed by atoms with Gasteiger partial charge in [0.2, 0.25) is 0 Å². The van der Waals surface area contributed by atoms with Crippen molar-refractivity contribution in [1.29, 1.82) is 0 Å². The van der Waals surface area contributed by atoms with Crippen LogP contribution in [0.1, 0.15) is 11.5 Å². The molecule has 1 aliphatic heterocycles. The molecule has 1 aliphatic carbocycles. The first-order chi connectivity index (χ1) is 28.2. The zero-order valence-corrected chi connectivity index (χ0v) is 31.5. The van der Waals surface area contributed by atoms with Gasteiger partial charge in [-0.3, -0.25) is 0 Å². The number of anilines is 2. The van der Waals surface area contributed by atoms with Gasteiger partial charge in [0.1, 0.15) is 5.69 Å². The first-order valence-electron chi connectivity index (χ1n) is 19.6. The van der Waals surface area contributed by atoms with Crippen LogP contribution in [0.4, 0.5) is 11.5 Å². The highest BCUT2D eigenvalue weighted by molar-refractivity contribution is 7.25. The van der Waals surface area contributed by atoms with E-state index >= 15 is 0 Å². The molecule has 0 amide bonds. The molecule has 0 saturated carbocycles. The molecule has 5 heteroatoms. The second-order valence-electron chi connectivity index (χ2n) is 15.4. The molecule has 11 aromatic rings. The molecule has 266 valence electrons. The summed E-state index contributed by atoms with van der Waals surface area (Å²) in [6, 6.07) is 61.8. The van der Waals surface area contributed by atoms with Crippen molar-refractivity contribution in [3.05, 3.63) is 186 Å². The topological polar surface area (TPSA) is 34.0 Å². The standard InChI is InChI=1S/C52H32N4S/c1-2-12-32-28-47-41(26-31(32)11-1)37-13-3-8-18-45(37)55(47)36-23-21-33-29-48-42(27-35(33)25-36)38-14-4-9-19-46(38)56(48)52-51(53-43-16-6-7-17-44(43)54-52)34-22-24-40-39-15-5-10-20-49(39)57-50(40)30-34/h1-30,42,48H. The van der Waals surface area contributed by atoms with E-state index in [0.717, 1.165) is 28.1 Å². The van der Waals surface area contributed by atoms with Crippen LogP contribution < -0.4 is 15.3 Å². The molecule has 2 aliphatic rings. The molecule has 0 spiro atoms. The van der Waals surface area contributed by atoms with Crippen molar-refractivity contribution < 1.29 is 0 Å². The molecule has 0 bridgehead atoms. The van der Waals surface area contributed by atoms with Gasteiger partial charge < -0.3 is 9.47 Å². The monoisotopic (exact) mass is 744 g/mol. The maximum Gasteiger partial charge on any atom is 0.160 e. The van der Waals surface area contributed by atoms with E-state index in [-0.39, 0.29) is 12.0 Å². The number of fused-ring (bicyclic) bond motifs is 12. The first-order valence-corrected chi connectivity index (χ1v) is 20.4. The molecule has 0 fully saturated rings. The first kappa shape index (κ1) is 31.2. The third-order valence-electron chi connectivity index (χ3n) is 12.2. The van der Waals surface area contributed by atoms with E-state index in [1.807, 2.05) is 17.4 Å². The summed E-state index contributed by atoms with van der Waals surface area (Å²) in [6.07, 6.45) is 4.95. The van der Waals surface area contributed by atoms with Crippen molar-refractivity contribution >= 4 is 98.8 Å². The van der Waals surface area contributed by atoms with Crippen LogP contribution in [0.3, 0.4) is 0 Å². The minimum absolute atomic E-state index is 0.0302. The fraction of sp³-hybridized carbons (Fsp3) is 0.0385. The van der Waals surface area contributed by atoms with E-state index in [2.05, 4.69) is 185 Å². The Morgan fingerprint density at radius 2 is 1.23 bits per heavy atom. The number of hydrogen-bond acceptors (Lipinski definition) is 4. The molecule has 0 N–H and O–H groups in total. The fourth-order valence-electron chi connectivity index (χ4n) is 9.65. The van der Waals surface area contributed by atoms with Crippen LogP contribution in [0.5, 0.6) is 0 Å². The minimum atomic E-state index is 0.0302. The average Bonchev–Trinajstić information content (AvgIpc) is 3.91. The number of benzene rings is 8. The third kappa shape index (κ3) is 4.55. The highest BCUT2D eigenvalue weighted by atomic mass is 32.1. The van der Waals surface area contributed by atoms with E-state index in [1.54, 1.807) is 0 Å². The van der Waals surface area contributed by atoms with Gasteiger partial charge in [-0.15, -0.1) is 11.3 Å². The van der Waals surface area contributed by atoms with Gasteiger partial charge in [-0.05, 0) is 87.4 Å². The van der Waals surface area contributed by atoms with E-state index in [1.165, 1.54) is 80.1 Å². The van der Waals surface area contributed by atoms with E-state index < -0.39 is 0 Å². The largest absolute Gasteiger partial charge is 0.316 e. The molecule has 57 heavy (non-hydrogen) atoms. The molecule has 0 radical (unpaired) electrons. The fourth-order valence-corrected chi connectivity index (χ4v) is 10.8. The predicted octanol–water partition coefficient (Wildman–Crippen LogP) is 11.8. The Bertz CT molecular complexity index is 3630. The number of hydrogen-bond donors (Lipinski definition) is 0. The van der Waals surface area contributed by atoms with Gasteiger partial charge in [0.15, 0.2) is 5.82 Å². The quantitative estimate of drug-likeness (QED) is 0.181. The molecule has 4 heterocycles. The second-order valence-corrected chi connectivity index (χ2v) is 16.4. The van der Waals surface area contributed by atoms with Crippen LogP contribution in [0.2, 0.25) is 0 Å². The zero-order chi connectivity index (χ0) is 37.2. The van der Waals surface area contributed by atoms with Gasteiger partial charge in [0, 0.05) is 53.8 Å². The summed E-state index contributed by atoms with van der Waals surface area (Å²) < 4.78 is 5.00. The summed E-state index contributed by atoms with van der Waals surface area (Å²) in [4.78, 5) is 13.3. The van der Waals surface area contributed by atoms with Gasteiger partial charge in [-0.1, -0.05) is 121 Å². The van der Waals surface area contributed by atoms with Crippen LogP contribution in [0, 0.1) is 0 Å². The Kier molecular flexibility index (Phi) is 6.40. The lowest BCUT2D eigenvalue weighted by Gasteiger charge is -2.29. The van der Waals surface area contributed by atoms with Gasteiger partial charge in [0.05, 0.1) is 28.1 Å². The Morgan fingerprint density at radius 1 is 0.491 bits per heavy atom. The normalized spacial score (nSPS) is 16.0. The third-order valence-corrected chi connectivity index (χ3v) is 13.4. The summed E-state index contributed by atoms with van der Waals surface area (Å²) in [7, 11) is 0. The summed E-state index contributed by atoms with van der Waals surface area (Å²) in [5.74, 6) is 1.02. The number of para-hydroxylation sites is 4.